The SMILES string of the molecule is COC(=O)c1c(C)cc(OC(F)F)cc1CBr. The molecule has 0 aliphatic heterocycles. The zero-order valence-corrected chi connectivity index (χ0v) is 10.9. The molecule has 17 heavy (non-hydrogen) atoms. The molecule has 0 bridgehead atoms. The average molecular weight is 309 g/mol. The third kappa shape index (κ3) is 3.39. The number of benzene rings is 1. The van der Waals surface area contributed by atoms with Crippen LogP contribution in [0.1, 0.15) is 21.5 Å². The fourth-order valence-electron chi connectivity index (χ4n) is 1.49. The van der Waals surface area contributed by atoms with Crippen molar-refractivity contribution < 1.29 is 23.0 Å². The van der Waals surface area contributed by atoms with Crippen molar-refractivity contribution in [2.45, 2.75) is 18.9 Å². The lowest BCUT2D eigenvalue weighted by Crippen LogP contribution is -2.09. The van der Waals surface area contributed by atoms with Crippen LogP contribution in [0.4, 0.5) is 8.78 Å². The number of hydrogen-bond acceptors (Lipinski definition) is 3. The molecule has 0 atom stereocenters. The Morgan fingerprint density at radius 1 is 1.47 bits per heavy atom. The molecule has 0 amide bonds. The van der Waals surface area contributed by atoms with Gasteiger partial charge in [-0.25, -0.2) is 4.79 Å². The van der Waals surface area contributed by atoms with Gasteiger partial charge in [-0.3, -0.25) is 0 Å². The molecule has 1 rings (SSSR count). The molecule has 0 aliphatic rings. The van der Waals surface area contributed by atoms with Crippen LogP contribution in [0, 0.1) is 6.92 Å². The summed E-state index contributed by atoms with van der Waals surface area (Å²) in [5.74, 6) is -0.472. The minimum Gasteiger partial charge on any atom is -0.465 e. The van der Waals surface area contributed by atoms with E-state index in [4.69, 9.17) is 0 Å². The normalized spacial score (nSPS) is 10.5. The topological polar surface area (TPSA) is 35.5 Å². The molecule has 0 aromatic heterocycles. The quantitative estimate of drug-likeness (QED) is 0.632. The molecule has 0 unspecified atom stereocenters. The van der Waals surface area contributed by atoms with E-state index in [1.165, 1.54) is 19.2 Å². The molecule has 1 aromatic rings. The summed E-state index contributed by atoms with van der Waals surface area (Å²) in [4.78, 5) is 11.5. The summed E-state index contributed by atoms with van der Waals surface area (Å²) in [7, 11) is 1.27. The Morgan fingerprint density at radius 3 is 2.59 bits per heavy atom. The van der Waals surface area contributed by atoms with Crippen molar-refractivity contribution in [3.05, 3.63) is 28.8 Å². The van der Waals surface area contributed by atoms with Crippen LogP contribution < -0.4 is 4.74 Å². The number of halogens is 3. The number of ether oxygens (including phenoxy) is 2. The van der Waals surface area contributed by atoms with E-state index in [-0.39, 0.29) is 5.75 Å². The molecule has 0 saturated heterocycles. The van der Waals surface area contributed by atoms with Crippen molar-refractivity contribution in [2.24, 2.45) is 0 Å². The first kappa shape index (κ1) is 13.9. The van der Waals surface area contributed by atoms with E-state index in [2.05, 4.69) is 25.4 Å². The summed E-state index contributed by atoms with van der Waals surface area (Å²) in [5.41, 5.74) is 1.45. The van der Waals surface area contributed by atoms with Gasteiger partial charge in [0.05, 0.1) is 12.7 Å². The summed E-state index contributed by atoms with van der Waals surface area (Å²) in [6.45, 7) is -1.25. The number of aryl methyl sites for hydroxylation is 1. The van der Waals surface area contributed by atoms with Crippen LogP contribution in [0.5, 0.6) is 5.75 Å². The van der Waals surface area contributed by atoms with Gasteiger partial charge in [0.15, 0.2) is 0 Å². The first-order valence-electron chi connectivity index (χ1n) is 4.72. The minimum atomic E-state index is -2.89. The molecule has 3 nitrogen and oxygen atoms in total. The summed E-state index contributed by atoms with van der Waals surface area (Å²) < 4.78 is 33.1. The lowest BCUT2D eigenvalue weighted by molar-refractivity contribution is -0.0498. The van der Waals surface area contributed by atoms with E-state index in [1.807, 2.05) is 0 Å². The number of esters is 1. The number of carbonyl (C=O) groups is 1. The van der Waals surface area contributed by atoms with E-state index < -0.39 is 12.6 Å². The van der Waals surface area contributed by atoms with Gasteiger partial charge in [-0.15, -0.1) is 0 Å². The van der Waals surface area contributed by atoms with Gasteiger partial charge in [-0.1, -0.05) is 15.9 Å². The Kier molecular flexibility index (Phi) is 4.86. The highest BCUT2D eigenvalue weighted by Crippen LogP contribution is 2.26. The lowest BCUT2D eigenvalue weighted by atomic mass is 10.0. The van der Waals surface area contributed by atoms with Gasteiger partial charge in [0.25, 0.3) is 0 Å². The molecule has 94 valence electrons. The second-order valence-corrected chi connectivity index (χ2v) is 3.84. The first-order chi connectivity index (χ1) is 7.99. The van der Waals surface area contributed by atoms with Crippen LogP contribution >= 0.6 is 15.9 Å². The van der Waals surface area contributed by atoms with E-state index in [9.17, 15) is 13.6 Å². The smallest absolute Gasteiger partial charge is 0.387 e. The third-order valence-corrected chi connectivity index (χ3v) is 2.75. The molecule has 0 fully saturated rings. The zero-order valence-electron chi connectivity index (χ0n) is 9.30. The van der Waals surface area contributed by atoms with E-state index in [0.29, 0.717) is 22.0 Å². The standard InChI is InChI=1S/C11H11BrF2O3/c1-6-3-8(17-11(13)14)4-7(5-12)9(6)10(15)16-2/h3-4,11H,5H2,1-2H3. The second-order valence-electron chi connectivity index (χ2n) is 3.28. The van der Waals surface area contributed by atoms with E-state index in [0.717, 1.165) is 0 Å². The van der Waals surface area contributed by atoms with Crippen LogP contribution in [0.25, 0.3) is 0 Å². The number of methoxy groups -OCH3 is 1. The van der Waals surface area contributed by atoms with Gasteiger partial charge in [-0.2, -0.15) is 8.78 Å². The Balaban J connectivity index is 3.20. The molecule has 1 aromatic carbocycles. The molecule has 0 heterocycles. The van der Waals surface area contributed by atoms with Gasteiger partial charge < -0.3 is 9.47 Å². The monoisotopic (exact) mass is 308 g/mol. The maximum Gasteiger partial charge on any atom is 0.387 e. The number of hydrogen-bond donors (Lipinski definition) is 0. The maximum absolute atomic E-state index is 12.1. The predicted octanol–water partition coefficient (Wildman–Crippen LogP) is 3.28. The van der Waals surface area contributed by atoms with Gasteiger partial charge in [0.2, 0.25) is 0 Å². The molecule has 0 saturated carbocycles. The Bertz CT molecular complexity index is 421. The highest BCUT2D eigenvalue weighted by Gasteiger charge is 2.17. The lowest BCUT2D eigenvalue weighted by Gasteiger charge is -2.12. The van der Waals surface area contributed by atoms with Gasteiger partial charge in [0, 0.05) is 5.33 Å². The summed E-state index contributed by atoms with van der Waals surface area (Å²) in [6, 6.07) is 2.77. The predicted molar refractivity (Wildman–Crippen MR) is 61.8 cm³/mol. The molecule has 6 heteroatoms. The molecular weight excluding hydrogens is 298 g/mol. The molecule has 0 spiro atoms. The van der Waals surface area contributed by atoms with Crippen LogP contribution in [0.15, 0.2) is 12.1 Å². The third-order valence-electron chi connectivity index (χ3n) is 2.15. The van der Waals surface area contributed by atoms with Crippen LogP contribution in [0.3, 0.4) is 0 Å². The summed E-state index contributed by atoms with van der Waals surface area (Å²) in [6.07, 6.45) is 0. The second kappa shape index (κ2) is 5.95. The van der Waals surface area contributed by atoms with Crippen molar-refractivity contribution >= 4 is 21.9 Å². The van der Waals surface area contributed by atoms with E-state index in [1.54, 1.807) is 6.92 Å². The fraction of sp³-hybridized carbons (Fsp3) is 0.364. The number of rotatable bonds is 4. The highest BCUT2D eigenvalue weighted by molar-refractivity contribution is 9.08. The van der Waals surface area contributed by atoms with Gasteiger partial charge >= 0.3 is 12.6 Å². The minimum absolute atomic E-state index is 0.0274. The molecule has 0 aliphatic carbocycles. The van der Waals surface area contributed by atoms with Crippen LogP contribution in [-0.4, -0.2) is 19.7 Å². The van der Waals surface area contributed by atoms with Crippen molar-refractivity contribution in [1.82, 2.24) is 0 Å². The van der Waals surface area contributed by atoms with Crippen LogP contribution in [0.2, 0.25) is 0 Å². The zero-order chi connectivity index (χ0) is 13.0. The van der Waals surface area contributed by atoms with Gasteiger partial charge in [0.1, 0.15) is 5.75 Å². The Morgan fingerprint density at radius 2 is 2.12 bits per heavy atom. The Labute approximate surface area is 106 Å². The highest BCUT2D eigenvalue weighted by atomic mass is 79.9. The summed E-state index contributed by atoms with van der Waals surface area (Å²) >= 11 is 3.19. The van der Waals surface area contributed by atoms with Crippen molar-refractivity contribution in [1.29, 1.82) is 0 Å². The number of alkyl halides is 3. The van der Waals surface area contributed by atoms with Crippen molar-refractivity contribution in [3.8, 4) is 5.75 Å². The summed E-state index contributed by atoms with van der Waals surface area (Å²) in [5, 5.41) is 0.346. The fourth-order valence-corrected chi connectivity index (χ4v) is 1.94. The molecule has 0 N–H and O–H groups in total. The first-order valence-corrected chi connectivity index (χ1v) is 5.84. The van der Waals surface area contributed by atoms with E-state index >= 15 is 0 Å². The Hall–Kier alpha value is -1.17. The number of carbonyl (C=O) groups excluding carboxylic acids is 1. The largest absolute Gasteiger partial charge is 0.465 e. The van der Waals surface area contributed by atoms with Crippen molar-refractivity contribution in [2.75, 3.05) is 7.11 Å². The maximum atomic E-state index is 12.1. The van der Waals surface area contributed by atoms with Crippen LogP contribution in [-0.2, 0) is 10.1 Å². The molecular formula is C11H11BrF2O3. The average Bonchev–Trinajstić information content (AvgIpc) is 2.26. The van der Waals surface area contributed by atoms with Gasteiger partial charge in [-0.05, 0) is 30.2 Å². The molecule has 0 radical (unpaired) electrons. The van der Waals surface area contributed by atoms with Crippen molar-refractivity contribution in [3.63, 3.8) is 0 Å².